The molecular weight excluding hydrogens is 268 g/mol. The lowest BCUT2D eigenvalue weighted by Crippen LogP contribution is -2.07. The summed E-state index contributed by atoms with van der Waals surface area (Å²) in [6.45, 7) is 4.11. The second kappa shape index (κ2) is 5.52. The third kappa shape index (κ3) is 2.70. The summed E-state index contributed by atoms with van der Waals surface area (Å²) in [6, 6.07) is 4.53. The van der Waals surface area contributed by atoms with Gasteiger partial charge in [-0.3, -0.25) is 9.48 Å². The largest absolute Gasteiger partial charge is 0.293 e. The Morgan fingerprint density at radius 2 is 2.15 bits per heavy atom. The minimum atomic E-state index is 0.183. The maximum Gasteiger partial charge on any atom is 0.178 e. The van der Waals surface area contributed by atoms with Crippen LogP contribution < -0.4 is 0 Å². The first kappa shape index (κ1) is 13.6. The predicted octanol–water partition coefficient (Wildman–Crippen LogP) is 4.10. The molecule has 2 heterocycles. The number of hydrogen-bond acceptors (Lipinski definition) is 3. The van der Waals surface area contributed by atoms with Crippen molar-refractivity contribution in [3.63, 3.8) is 0 Å². The van der Waals surface area contributed by atoms with Crippen molar-refractivity contribution in [2.45, 2.75) is 52.0 Å². The molecule has 0 aliphatic heterocycles. The van der Waals surface area contributed by atoms with Crippen LogP contribution in [0.15, 0.2) is 18.3 Å². The number of Topliss-reactive ketones (excluding diaryl/α,β-unsaturated/α-hetero) is 1. The molecule has 4 heteroatoms. The number of carbonyl (C=O) groups excluding carboxylic acids is 1. The fourth-order valence-corrected chi connectivity index (χ4v) is 3.78. The molecule has 2 aromatic rings. The van der Waals surface area contributed by atoms with Gasteiger partial charge in [-0.1, -0.05) is 12.8 Å². The molecule has 0 atom stereocenters. The molecule has 0 spiro atoms. The zero-order valence-electron chi connectivity index (χ0n) is 12.1. The van der Waals surface area contributed by atoms with Gasteiger partial charge in [0.25, 0.3) is 0 Å². The van der Waals surface area contributed by atoms with Crippen molar-refractivity contribution in [1.82, 2.24) is 9.78 Å². The molecule has 1 saturated carbocycles. The minimum absolute atomic E-state index is 0.183. The quantitative estimate of drug-likeness (QED) is 0.794. The zero-order valence-corrected chi connectivity index (χ0v) is 12.9. The van der Waals surface area contributed by atoms with E-state index >= 15 is 0 Å². The van der Waals surface area contributed by atoms with Crippen molar-refractivity contribution in [2.24, 2.45) is 0 Å². The van der Waals surface area contributed by atoms with E-state index in [1.54, 1.807) is 11.3 Å². The van der Waals surface area contributed by atoms with Gasteiger partial charge >= 0.3 is 0 Å². The number of thiophene rings is 1. The van der Waals surface area contributed by atoms with Crippen LogP contribution in [0.1, 0.15) is 57.5 Å². The smallest absolute Gasteiger partial charge is 0.178 e. The molecule has 20 heavy (non-hydrogen) atoms. The van der Waals surface area contributed by atoms with Gasteiger partial charge in [0.1, 0.15) is 0 Å². The van der Waals surface area contributed by atoms with Crippen LogP contribution in [-0.2, 0) is 6.42 Å². The van der Waals surface area contributed by atoms with Gasteiger partial charge < -0.3 is 0 Å². The Labute approximate surface area is 123 Å². The van der Waals surface area contributed by atoms with Crippen molar-refractivity contribution in [3.05, 3.63) is 39.3 Å². The molecule has 3 rings (SSSR count). The van der Waals surface area contributed by atoms with Crippen molar-refractivity contribution >= 4 is 17.1 Å². The fraction of sp³-hybridized carbons (Fsp3) is 0.500. The fourth-order valence-electron chi connectivity index (χ4n) is 2.81. The highest BCUT2D eigenvalue weighted by atomic mass is 32.1. The van der Waals surface area contributed by atoms with Crippen molar-refractivity contribution < 1.29 is 4.79 Å². The zero-order chi connectivity index (χ0) is 14.1. The number of hydrogen-bond donors (Lipinski definition) is 0. The average Bonchev–Trinajstić information content (AvgIpc) is 3.11. The molecule has 0 aromatic carbocycles. The molecule has 1 aliphatic rings. The molecule has 2 aromatic heterocycles. The maximum absolute atomic E-state index is 12.3. The second-order valence-electron chi connectivity index (χ2n) is 5.68. The van der Waals surface area contributed by atoms with Crippen LogP contribution in [-0.4, -0.2) is 15.6 Å². The summed E-state index contributed by atoms with van der Waals surface area (Å²) >= 11 is 1.59. The Kier molecular flexibility index (Phi) is 3.74. The summed E-state index contributed by atoms with van der Waals surface area (Å²) in [4.78, 5) is 14.4. The number of carbonyl (C=O) groups is 1. The second-order valence-corrected chi connectivity index (χ2v) is 6.93. The van der Waals surface area contributed by atoms with E-state index in [-0.39, 0.29) is 5.78 Å². The molecule has 3 nitrogen and oxygen atoms in total. The van der Waals surface area contributed by atoms with E-state index in [9.17, 15) is 4.79 Å². The van der Waals surface area contributed by atoms with Crippen LogP contribution in [0.3, 0.4) is 0 Å². The molecule has 1 fully saturated rings. The normalized spacial score (nSPS) is 15.9. The van der Waals surface area contributed by atoms with E-state index in [2.05, 4.69) is 23.6 Å². The third-order valence-electron chi connectivity index (χ3n) is 4.14. The molecule has 0 saturated heterocycles. The molecule has 0 unspecified atom stereocenters. The lowest BCUT2D eigenvalue weighted by Gasteiger charge is -2.08. The number of ketones is 1. The van der Waals surface area contributed by atoms with E-state index in [1.807, 2.05) is 18.3 Å². The first-order chi connectivity index (χ1) is 9.63. The topological polar surface area (TPSA) is 34.9 Å². The van der Waals surface area contributed by atoms with Gasteiger partial charge in [0.05, 0.1) is 23.0 Å². The van der Waals surface area contributed by atoms with Gasteiger partial charge in [-0.05, 0) is 44.4 Å². The van der Waals surface area contributed by atoms with Crippen LogP contribution in [0.4, 0.5) is 0 Å². The van der Waals surface area contributed by atoms with Gasteiger partial charge in [-0.2, -0.15) is 5.10 Å². The summed E-state index contributed by atoms with van der Waals surface area (Å²) in [6.07, 6.45) is 7.48. The first-order valence-electron chi connectivity index (χ1n) is 7.28. The van der Waals surface area contributed by atoms with Gasteiger partial charge in [-0.15, -0.1) is 11.3 Å². The third-order valence-corrected chi connectivity index (χ3v) is 5.34. The number of aryl methyl sites for hydroxylation is 2. The number of aromatic nitrogens is 2. The summed E-state index contributed by atoms with van der Waals surface area (Å²) in [5, 5.41) is 4.59. The lowest BCUT2D eigenvalue weighted by molar-refractivity contribution is 0.0995. The minimum Gasteiger partial charge on any atom is -0.293 e. The Hall–Kier alpha value is -1.42. The molecule has 1 aliphatic carbocycles. The van der Waals surface area contributed by atoms with E-state index in [4.69, 9.17) is 0 Å². The van der Waals surface area contributed by atoms with Crippen molar-refractivity contribution in [3.8, 4) is 0 Å². The molecule has 0 radical (unpaired) electrons. The predicted molar refractivity (Wildman–Crippen MR) is 81.6 cm³/mol. The Morgan fingerprint density at radius 3 is 2.80 bits per heavy atom. The van der Waals surface area contributed by atoms with Gasteiger partial charge in [0.15, 0.2) is 5.78 Å². The molecule has 0 N–H and O–H groups in total. The lowest BCUT2D eigenvalue weighted by atomic mass is 10.2. The van der Waals surface area contributed by atoms with E-state index < -0.39 is 0 Å². The van der Waals surface area contributed by atoms with Gasteiger partial charge in [0, 0.05) is 11.1 Å². The average molecular weight is 288 g/mol. The molecular formula is C16H20N2OS. The van der Waals surface area contributed by atoms with Crippen LogP contribution in [0.2, 0.25) is 0 Å². The summed E-state index contributed by atoms with van der Waals surface area (Å²) < 4.78 is 2.06. The number of nitrogens with zero attached hydrogens (tertiary/aromatic N) is 2. The number of rotatable bonds is 4. The van der Waals surface area contributed by atoms with Crippen LogP contribution in [0.5, 0.6) is 0 Å². The Balaban J connectivity index is 1.69. The standard InChI is InChI=1S/C16H20N2OS/c1-11-9-16(20-12(11)2)15(19)10-13-7-8-18(17-13)14-5-3-4-6-14/h7-9,14H,3-6,10H2,1-2H3. The highest BCUT2D eigenvalue weighted by Gasteiger charge is 2.18. The highest BCUT2D eigenvalue weighted by Crippen LogP contribution is 2.29. The summed E-state index contributed by atoms with van der Waals surface area (Å²) in [5.74, 6) is 0.183. The Bertz CT molecular complexity index is 601. The summed E-state index contributed by atoms with van der Waals surface area (Å²) in [7, 11) is 0. The van der Waals surface area contributed by atoms with Gasteiger partial charge in [-0.25, -0.2) is 0 Å². The maximum atomic E-state index is 12.3. The van der Waals surface area contributed by atoms with Crippen molar-refractivity contribution in [2.75, 3.05) is 0 Å². The van der Waals surface area contributed by atoms with Crippen LogP contribution in [0.25, 0.3) is 0 Å². The van der Waals surface area contributed by atoms with Gasteiger partial charge in [0.2, 0.25) is 0 Å². The van der Waals surface area contributed by atoms with Crippen LogP contribution >= 0.6 is 11.3 Å². The first-order valence-corrected chi connectivity index (χ1v) is 8.09. The molecule has 0 bridgehead atoms. The molecule has 0 amide bonds. The monoisotopic (exact) mass is 288 g/mol. The van der Waals surface area contributed by atoms with Crippen molar-refractivity contribution in [1.29, 1.82) is 0 Å². The van der Waals surface area contributed by atoms with E-state index in [0.29, 0.717) is 12.5 Å². The highest BCUT2D eigenvalue weighted by molar-refractivity contribution is 7.14. The SMILES string of the molecule is Cc1cc(C(=O)Cc2ccn(C3CCCC3)n2)sc1C. The van der Waals surface area contributed by atoms with E-state index in [0.717, 1.165) is 10.6 Å². The van der Waals surface area contributed by atoms with E-state index in [1.165, 1.54) is 36.1 Å². The van der Waals surface area contributed by atoms with Crippen LogP contribution in [0, 0.1) is 13.8 Å². The summed E-state index contributed by atoms with van der Waals surface area (Å²) in [5.41, 5.74) is 2.10. The molecule has 106 valence electrons. The Morgan fingerprint density at radius 1 is 1.40 bits per heavy atom.